The van der Waals surface area contributed by atoms with Gasteiger partial charge in [-0.05, 0) is 72.2 Å². The van der Waals surface area contributed by atoms with Crippen molar-refractivity contribution >= 4 is 17.3 Å². The summed E-state index contributed by atoms with van der Waals surface area (Å²) in [5.74, 6) is -0.255. The first kappa shape index (κ1) is 21.7. The van der Waals surface area contributed by atoms with Gasteiger partial charge in [0.1, 0.15) is 0 Å². The van der Waals surface area contributed by atoms with Crippen molar-refractivity contribution in [2.24, 2.45) is 0 Å². The van der Waals surface area contributed by atoms with E-state index in [1.165, 1.54) is 22.4 Å². The van der Waals surface area contributed by atoms with E-state index in [0.717, 1.165) is 44.8 Å². The van der Waals surface area contributed by atoms with E-state index in [2.05, 4.69) is 49.2 Å². The molecular formula is C26H34N2O3. The van der Waals surface area contributed by atoms with E-state index in [9.17, 15) is 4.79 Å². The Kier molecular flexibility index (Phi) is 6.24. The van der Waals surface area contributed by atoms with Crippen LogP contribution >= 0.6 is 0 Å². The number of nitrogens with zero attached hydrogens (tertiary/aromatic N) is 1. The predicted octanol–water partition coefficient (Wildman–Crippen LogP) is 5.10. The highest BCUT2D eigenvalue weighted by atomic mass is 16.5. The van der Waals surface area contributed by atoms with Gasteiger partial charge in [-0.3, -0.25) is 0 Å². The number of nitrogens with one attached hydrogen (secondary N) is 1. The third kappa shape index (κ3) is 4.42. The molecule has 2 aromatic rings. The number of carbonyl (C=O) groups is 1. The van der Waals surface area contributed by atoms with Gasteiger partial charge < -0.3 is 19.7 Å². The first-order valence-electron chi connectivity index (χ1n) is 11.5. The summed E-state index contributed by atoms with van der Waals surface area (Å²) in [6.45, 7) is 12.4. The molecule has 0 saturated carbocycles. The smallest absolute Gasteiger partial charge is 0.338 e. The summed E-state index contributed by atoms with van der Waals surface area (Å²) in [5.41, 5.74) is 6.88. The Balaban J connectivity index is 1.67. The summed E-state index contributed by atoms with van der Waals surface area (Å²) in [6, 6.07) is 13.0. The van der Waals surface area contributed by atoms with Crippen molar-refractivity contribution in [1.29, 1.82) is 0 Å². The molecule has 1 atom stereocenters. The summed E-state index contributed by atoms with van der Waals surface area (Å²) in [7, 11) is 0. The van der Waals surface area contributed by atoms with Crippen molar-refractivity contribution in [2.45, 2.75) is 52.0 Å². The number of esters is 1. The number of aryl methyl sites for hydroxylation is 1. The highest BCUT2D eigenvalue weighted by molar-refractivity contribution is 5.90. The fourth-order valence-corrected chi connectivity index (χ4v) is 4.87. The molecule has 0 aromatic heterocycles. The lowest BCUT2D eigenvalue weighted by molar-refractivity contribution is 0.0526. The van der Waals surface area contributed by atoms with E-state index >= 15 is 0 Å². The van der Waals surface area contributed by atoms with E-state index in [1.54, 1.807) is 0 Å². The lowest BCUT2D eigenvalue weighted by Crippen LogP contribution is -2.36. The summed E-state index contributed by atoms with van der Waals surface area (Å²) in [4.78, 5) is 14.7. The van der Waals surface area contributed by atoms with Crippen molar-refractivity contribution in [2.75, 3.05) is 43.1 Å². The van der Waals surface area contributed by atoms with Crippen LogP contribution in [0.1, 0.15) is 67.2 Å². The highest BCUT2D eigenvalue weighted by Crippen LogP contribution is 2.45. The molecule has 0 spiro atoms. The standard InChI is InChI=1S/C26H34N2O3/c1-5-18-7-9-20(28-11-13-30-14-12-28)16-21(18)24-17-26(3,4)22-15-19(25(29)31-6-2)8-10-23(22)27-24/h7-10,15-16,24,27H,5-6,11-14,17H2,1-4H3. The summed E-state index contributed by atoms with van der Waals surface area (Å²) in [6.07, 6.45) is 1.97. The number of ether oxygens (including phenoxy) is 2. The van der Waals surface area contributed by atoms with E-state index in [4.69, 9.17) is 9.47 Å². The van der Waals surface area contributed by atoms with Gasteiger partial charge in [-0.25, -0.2) is 4.79 Å². The van der Waals surface area contributed by atoms with Crippen LogP contribution in [0.3, 0.4) is 0 Å². The third-order valence-electron chi connectivity index (χ3n) is 6.57. The summed E-state index contributed by atoms with van der Waals surface area (Å²) in [5, 5.41) is 3.78. The molecule has 0 radical (unpaired) electrons. The Hall–Kier alpha value is -2.53. The first-order chi connectivity index (χ1) is 14.9. The van der Waals surface area contributed by atoms with Crippen LogP contribution in [0.4, 0.5) is 11.4 Å². The van der Waals surface area contributed by atoms with Gasteiger partial charge >= 0.3 is 5.97 Å². The second-order valence-corrected chi connectivity index (χ2v) is 9.10. The van der Waals surface area contributed by atoms with Gasteiger partial charge in [0, 0.05) is 24.5 Å². The number of hydrogen-bond donors (Lipinski definition) is 1. The number of anilines is 2. The van der Waals surface area contributed by atoms with Gasteiger partial charge in [0.2, 0.25) is 0 Å². The number of benzene rings is 2. The fraction of sp³-hybridized carbons (Fsp3) is 0.500. The molecule has 5 heteroatoms. The zero-order valence-electron chi connectivity index (χ0n) is 19.2. The van der Waals surface area contributed by atoms with Gasteiger partial charge in [0.25, 0.3) is 0 Å². The number of hydrogen-bond acceptors (Lipinski definition) is 5. The van der Waals surface area contributed by atoms with Gasteiger partial charge in [0.05, 0.1) is 31.4 Å². The number of carbonyl (C=O) groups excluding carboxylic acids is 1. The topological polar surface area (TPSA) is 50.8 Å². The molecule has 2 heterocycles. The summed E-state index contributed by atoms with van der Waals surface area (Å²) >= 11 is 0. The average molecular weight is 423 g/mol. The van der Waals surface area contributed by atoms with E-state index < -0.39 is 0 Å². The molecule has 1 N–H and O–H groups in total. The lowest BCUT2D eigenvalue weighted by Gasteiger charge is -2.40. The van der Waals surface area contributed by atoms with Crippen LogP contribution in [-0.2, 0) is 21.3 Å². The third-order valence-corrected chi connectivity index (χ3v) is 6.57. The Morgan fingerprint density at radius 3 is 2.65 bits per heavy atom. The molecule has 1 saturated heterocycles. The van der Waals surface area contributed by atoms with Gasteiger partial charge in [0.15, 0.2) is 0 Å². The number of rotatable bonds is 5. The Labute approximate surface area is 185 Å². The van der Waals surface area contributed by atoms with Crippen LogP contribution in [0.5, 0.6) is 0 Å². The van der Waals surface area contributed by atoms with Crippen molar-refractivity contribution in [1.82, 2.24) is 0 Å². The molecule has 2 aliphatic heterocycles. The molecule has 0 amide bonds. The fourth-order valence-electron chi connectivity index (χ4n) is 4.87. The van der Waals surface area contributed by atoms with Gasteiger partial charge in [-0.15, -0.1) is 0 Å². The van der Waals surface area contributed by atoms with Crippen LogP contribution in [0.15, 0.2) is 36.4 Å². The van der Waals surface area contributed by atoms with Crippen molar-refractivity contribution in [3.05, 3.63) is 58.7 Å². The van der Waals surface area contributed by atoms with Crippen LogP contribution in [0.2, 0.25) is 0 Å². The molecule has 4 rings (SSSR count). The molecule has 0 bridgehead atoms. The van der Waals surface area contributed by atoms with Gasteiger partial charge in [-0.1, -0.05) is 26.8 Å². The van der Waals surface area contributed by atoms with E-state index in [1.807, 2.05) is 25.1 Å². The molecule has 2 aliphatic rings. The zero-order valence-corrected chi connectivity index (χ0v) is 19.2. The second-order valence-electron chi connectivity index (χ2n) is 9.10. The van der Waals surface area contributed by atoms with E-state index in [-0.39, 0.29) is 17.4 Å². The Morgan fingerprint density at radius 1 is 1.16 bits per heavy atom. The summed E-state index contributed by atoms with van der Waals surface area (Å²) < 4.78 is 10.7. The lowest BCUT2D eigenvalue weighted by atomic mass is 9.73. The Morgan fingerprint density at radius 2 is 1.94 bits per heavy atom. The highest BCUT2D eigenvalue weighted by Gasteiger charge is 2.35. The monoisotopic (exact) mass is 422 g/mol. The van der Waals surface area contributed by atoms with E-state index in [0.29, 0.717) is 12.2 Å². The maximum atomic E-state index is 12.2. The molecule has 5 nitrogen and oxygen atoms in total. The normalized spacial score (nSPS) is 20.0. The number of morpholine rings is 1. The maximum absolute atomic E-state index is 12.2. The van der Waals surface area contributed by atoms with Crippen molar-refractivity contribution in [3.8, 4) is 0 Å². The molecule has 0 aliphatic carbocycles. The quantitative estimate of drug-likeness (QED) is 0.680. The minimum Gasteiger partial charge on any atom is -0.462 e. The second kappa shape index (κ2) is 8.91. The van der Waals surface area contributed by atoms with Gasteiger partial charge in [-0.2, -0.15) is 0 Å². The van der Waals surface area contributed by atoms with Crippen LogP contribution in [0, 0.1) is 0 Å². The Bertz CT molecular complexity index is 948. The molecular weight excluding hydrogens is 388 g/mol. The largest absolute Gasteiger partial charge is 0.462 e. The van der Waals surface area contributed by atoms with Crippen LogP contribution < -0.4 is 10.2 Å². The maximum Gasteiger partial charge on any atom is 0.338 e. The molecule has 2 aromatic carbocycles. The molecule has 1 unspecified atom stereocenters. The minimum atomic E-state index is -0.255. The molecule has 31 heavy (non-hydrogen) atoms. The first-order valence-corrected chi connectivity index (χ1v) is 11.5. The SMILES string of the molecule is CCOC(=O)c1ccc2c(c1)C(C)(C)CC(c1cc(N3CCOCC3)ccc1CC)N2. The van der Waals surface area contributed by atoms with Crippen LogP contribution in [-0.4, -0.2) is 38.9 Å². The molecule has 1 fully saturated rings. The molecule has 166 valence electrons. The average Bonchev–Trinajstić information content (AvgIpc) is 2.78. The predicted molar refractivity (Wildman–Crippen MR) is 125 cm³/mol. The van der Waals surface area contributed by atoms with Crippen molar-refractivity contribution in [3.63, 3.8) is 0 Å². The van der Waals surface area contributed by atoms with Crippen LogP contribution in [0.25, 0.3) is 0 Å². The zero-order chi connectivity index (χ0) is 22.0. The minimum absolute atomic E-state index is 0.0618. The van der Waals surface area contributed by atoms with Crippen molar-refractivity contribution < 1.29 is 14.3 Å². The number of fused-ring (bicyclic) bond motifs is 1.